The van der Waals surface area contributed by atoms with Gasteiger partial charge in [0.2, 0.25) is 5.82 Å². The Morgan fingerprint density at radius 1 is 1.17 bits per heavy atom. The largest absolute Gasteiger partial charge is 0.329 e. The summed E-state index contributed by atoms with van der Waals surface area (Å²) in [5, 5.41) is 13.0. The van der Waals surface area contributed by atoms with Gasteiger partial charge in [-0.15, -0.1) is 5.10 Å². The van der Waals surface area contributed by atoms with E-state index in [0.29, 0.717) is 0 Å². The number of aromatic nitrogens is 4. The van der Waals surface area contributed by atoms with Gasteiger partial charge >= 0.3 is 0 Å². The second kappa shape index (κ2) is 6.40. The van der Waals surface area contributed by atoms with Crippen LogP contribution in [0.25, 0.3) is 5.69 Å². The highest BCUT2D eigenvalue weighted by Crippen LogP contribution is 2.34. The molecule has 0 atom stereocenters. The lowest BCUT2D eigenvalue weighted by Gasteiger charge is -2.38. The molecule has 0 bridgehead atoms. The van der Waals surface area contributed by atoms with E-state index in [1.165, 1.54) is 41.0 Å². The molecule has 1 aromatic carbocycles. The van der Waals surface area contributed by atoms with E-state index < -0.39 is 0 Å². The first-order valence-electron chi connectivity index (χ1n) is 8.78. The fraction of sp³-hybridized carbons (Fsp3) is 0.611. The van der Waals surface area contributed by atoms with E-state index in [2.05, 4.69) is 61.7 Å². The number of benzene rings is 1. The molecule has 1 saturated carbocycles. The lowest BCUT2D eigenvalue weighted by atomic mass is 9.80. The normalized spacial score (nSPS) is 17.6. The second-order valence-electron chi connectivity index (χ2n) is 6.99. The van der Waals surface area contributed by atoms with Gasteiger partial charge in [0.15, 0.2) is 5.54 Å². The summed E-state index contributed by atoms with van der Waals surface area (Å²) in [5.74, 6) is 1.03. The van der Waals surface area contributed by atoms with Gasteiger partial charge in [0.25, 0.3) is 0 Å². The number of rotatable bonds is 4. The molecule has 1 fully saturated rings. The molecule has 2 aromatic rings. The van der Waals surface area contributed by atoms with Crippen LogP contribution in [0, 0.1) is 6.92 Å². The Bertz CT molecular complexity index is 668. The Labute approximate surface area is 138 Å². The Balaban J connectivity index is 2.17. The number of hydrogen-bond donors (Lipinski definition) is 1. The molecule has 124 valence electrons. The van der Waals surface area contributed by atoms with Gasteiger partial charge in [0, 0.05) is 12.8 Å². The number of tetrazole rings is 1. The van der Waals surface area contributed by atoms with Crippen molar-refractivity contribution in [3.05, 3.63) is 35.2 Å². The van der Waals surface area contributed by atoms with E-state index in [0.717, 1.165) is 25.1 Å². The summed E-state index contributed by atoms with van der Waals surface area (Å²) in [6.07, 6.45) is 7.13. The fourth-order valence-corrected chi connectivity index (χ4v) is 4.05. The highest BCUT2D eigenvalue weighted by Gasteiger charge is 2.45. The lowest BCUT2D eigenvalue weighted by molar-refractivity contribution is -0.927. The molecule has 1 heterocycles. The number of aryl methyl sites for hydroxylation is 2. The zero-order chi connectivity index (χ0) is 16.4. The first-order valence-corrected chi connectivity index (χ1v) is 8.78. The van der Waals surface area contributed by atoms with Gasteiger partial charge in [-0.1, -0.05) is 31.5 Å². The summed E-state index contributed by atoms with van der Waals surface area (Å²) in [4.78, 5) is 1.43. The third kappa shape index (κ3) is 2.67. The molecule has 0 radical (unpaired) electrons. The summed E-state index contributed by atoms with van der Waals surface area (Å²) in [6.45, 7) is 4.34. The van der Waals surface area contributed by atoms with E-state index in [-0.39, 0.29) is 5.54 Å². The fourth-order valence-electron chi connectivity index (χ4n) is 4.05. The molecule has 3 rings (SSSR count). The van der Waals surface area contributed by atoms with Crippen LogP contribution in [0.1, 0.15) is 56.0 Å². The summed E-state index contributed by atoms with van der Waals surface area (Å²) >= 11 is 0. The summed E-state index contributed by atoms with van der Waals surface area (Å²) in [7, 11) is 4.48. The molecule has 1 aliphatic rings. The van der Waals surface area contributed by atoms with Crippen molar-refractivity contribution in [3.63, 3.8) is 0 Å². The van der Waals surface area contributed by atoms with Crippen LogP contribution in [0.2, 0.25) is 0 Å². The SMILES string of the molecule is CCc1cccc(C)c1-n1nnnc1C1([NH+](C)C)CCCCC1. The molecule has 0 aliphatic heterocycles. The first-order chi connectivity index (χ1) is 11.1. The van der Waals surface area contributed by atoms with Crippen LogP contribution < -0.4 is 4.90 Å². The molecular weight excluding hydrogens is 286 g/mol. The molecular formula is C18H28N5+. The van der Waals surface area contributed by atoms with Crippen LogP contribution in [0.4, 0.5) is 0 Å². The first kappa shape index (κ1) is 16.1. The summed E-state index contributed by atoms with van der Waals surface area (Å²) < 4.78 is 2.02. The minimum absolute atomic E-state index is 0.0229. The van der Waals surface area contributed by atoms with Gasteiger partial charge in [-0.25, -0.2) is 0 Å². The molecule has 5 nitrogen and oxygen atoms in total. The average molecular weight is 314 g/mol. The maximum absolute atomic E-state index is 4.51. The Morgan fingerprint density at radius 2 is 1.91 bits per heavy atom. The van der Waals surface area contributed by atoms with Crippen LogP contribution in [0.3, 0.4) is 0 Å². The minimum Gasteiger partial charge on any atom is -0.329 e. The predicted molar refractivity (Wildman–Crippen MR) is 90.8 cm³/mol. The van der Waals surface area contributed by atoms with Gasteiger partial charge in [-0.05, 0) is 47.7 Å². The van der Waals surface area contributed by atoms with Crippen LogP contribution in [0.5, 0.6) is 0 Å². The van der Waals surface area contributed by atoms with Gasteiger partial charge < -0.3 is 4.90 Å². The van der Waals surface area contributed by atoms with E-state index in [1.807, 2.05) is 4.68 Å². The Kier molecular flexibility index (Phi) is 4.48. The minimum atomic E-state index is 0.0229. The third-order valence-electron chi connectivity index (χ3n) is 5.48. The molecule has 1 aromatic heterocycles. The monoisotopic (exact) mass is 314 g/mol. The zero-order valence-corrected chi connectivity index (χ0v) is 14.8. The number of para-hydroxylation sites is 1. The van der Waals surface area contributed by atoms with E-state index in [9.17, 15) is 0 Å². The lowest BCUT2D eigenvalue weighted by Crippen LogP contribution is -3.14. The maximum atomic E-state index is 4.51. The van der Waals surface area contributed by atoms with Crippen LogP contribution in [-0.2, 0) is 12.0 Å². The van der Waals surface area contributed by atoms with Gasteiger partial charge in [0.1, 0.15) is 0 Å². The van der Waals surface area contributed by atoms with Crippen molar-refractivity contribution in [3.8, 4) is 5.69 Å². The molecule has 0 amide bonds. The predicted octanol–water partition coefficient (Wildman–Crippen LogP) is 1.84. The van der Waals surface area contributed by atoms with E-state index >= 15 is 0 Å². The quantitative estimate of drug-likeness (QED) is 0.937. The highest BCUT2D eigenvalue weighted by molar-refractivity contribution is 5.47. The number of nitrogens with zero attached hydrogens (tertiary/aromatic N) is 4. The van der Waals surface area contributed by atoms with Crippen molar-refractivity contribution in [2.45, 2.75) is 57.9 Å². The van der Waals surface area contributed by atoms with Gasteiger partial charge in [0.05, 0.1) is 19.8 Å². The second-order valence-corrected chi connectivity index (χ2v) is 6.99. The average Bonchev–Trinajstić information content (AvgIpc) is 3.04. The smallest absolute Gasteiger partial charge is 0.217 e. The maximum Gasteiger partial charge on any atom is 0.217 e. The molecule has 1 aliphatic carbocycles. The topological polar surface area (TPSA) is 48.0 Å². The number of quaternary nitrogens is 1. The molecule has 5 heteroatoms. The highest BCUT2D eigenvalue weighted by atomic mass is 15.6. The van der Waals surface area contributed by atoms with Crippen molar-refractivity contribution >= 4 is 0 Å². The van der Waals surface area contributed by atoms with Crippen molar-refractivity contribution in [1.29, 1.82) is 0 Å². The third-order valence-corrected chi connectivity index (χ3v) is 5.48. The molecule has 0 spiro atoms. The zero-order valence-electron chi connectivity index (χ0n) is 14.8. The number of nitrogens with one attached hydrogen (secondary N) is 1. The van der Waals surface area contributed by atoms with Crippen molar-refractivity contribution in [2.24, 2.45) is 0 Å². The van der Waals surface area contributed by atoms with E-state index in [4.69, 9.17) is 0 Å². The number of hydrogen-bond acceptors (Lipinski definition) is 3. The molecule has 1 N–H and O–H groups in total. The van der Waals surface area contributed by atoms with Crippen LogP contribution in [-0.4, -0.2) is 34.3 Å². The van der Waals surface area contributed by atoms with Crippen LogP contribution in [0.15, 0.2) is 18.2 Å². The summed E-state index contributed by atoms with van der Waals surface area (Å²) in [6, 6.07) is 6.45. The van der Waals surface area contributed by atoms with Crippen molar-refractivity contribution in [1.82, 2.24) is 20.2 Å². The molecule has 23 heavy (non-hydrogen) atoms. The Morgan fingerprint density at radius 3 is 2.57 bits per heavy atom. The van der Waals surface area contributed by atoms with Crippen molar-refractivity contribution < 1.29 is 4.90 Å². The molecule has 0 saturated heterocycles. The summed E-state index contributed by atoms with van der Waals surface area (Å²) in [5.41, 5.74) is 3.73. The molecule has 0 unspecified atom stereocenters. The van der Waals surface area contributed by atoms with E-state index in [1.54, 1.807) is 0 Å². The standard InChI is InChI=1S/C18H27N5/c1-5-15-11-9-10-14(2)16(15)23-17(19-20-21-23)18(22(3)4)12-7-6-8-13-18/h9-11H,5-8,12-13H2,1-4H3/p+1. The van der Waals surface area contributed by atoms with Crippen LogP contribution >= 0.6 is 0 Å². The van der Waals surface area contributed by atoms with Gasteiger partial charge in [-0.2, -0.15) is 4.68 Å². The van der Waals surface area contributed by atoms with Crippen molar-refractivity contribution in [2.75, 3.05) is 14.1 Å². The Hall–Kier alpha value is -1.75. The van der Waals surface area contributed by atoms with Gasteiger partial charge in [-0.3, -0.25) is 0 Å².